The average Bonchev–Trinajstić information content (AvgIpc) is 2.97. The van der Waals surface area contributed by atoms with E-state index in [-0.39, 0.29) is 5.56 Å². The van der Waals surface area contributed by atoms with Crippen molar-refractivity contribution in [1.82, 2.24) is 14.7 Å². The number of hydrogen-bond donors (Lipinski definition) is 0. The molecule has 124 valence electrons. The molecule has 0 saturated heterocycles. The number of benzene rings is 1. The summed E-state index contributed by atoms with van der Waals surface area (Å²) in [6, 6.07) is 13.5. The molecule has 0 amide bonds. The van der Waals surface area contributed by atoms with Crippen molar-refractivity contribution in [1.29, 1.82) is 0 Å². The van der Waals surface area contributed by atoms with Crippen molar-refractivity contribution in [2.24, 2.45) is 0 Å². The number of hydrogen-bond acceptors (Lipinski definition) is 4. The number of pyridine rings is 2. The zero-order chi connectivity index (χ0) is 17.4. The summed E-state index contributed by atoms with van der Waals surface area (Å²) in [6.45, 7) is 4.27. The molecule has 0 aliphatic heterocycles. The lowest BCUT2D eigenvalue weighted by Crippen LogP contribution is -2.21. The third-order valence-corrected chi connectivity index (χ3v) is 4.34. The van der Waals surface area contributed by atoms with Crippen molar-refractivity contribution < 1.29 is 4.52 Å². The lowest BCUT2D eigenvalue weighted by atomic mass is 10.0. The van der Waals surface area contributed by atoms with Gasteiger partial charge in [0, 0.05) is 18.0 Å². The molecule has 3 aromatic heterocycles. The molecule has 0 fully saturated rings. The standard InChI is InChI=1S/C20H17N3O2/c1-13-18(14(2)25-22-13)17-12-23(11-15-7-4-3-5-8-15)20(24)16-9-6-10-21-19(16)17/h3-10,12H,11H2,1-2H3. The van der Waals surface area contributed by atoms with Gasteiger partial charge in [-0.05, 0) is 31.5 Å². The van der Waals surface area contributed by atoms with Gasteiger partial charge < -0.3 is 9.09 Å². The summed E-state index contributed by atoms with van der Waals surface area (Å²) >= 11 is 0. The lowest BCUT2D eigenvalue weighted by Gasteiger charge is -2.12. The van der Waals surface area contributed by atoms with Crippen LogP contribution in [0.1, 0.15) is 17.0 Å². The highest BCUT2D eigenvalue weighted by Gasteiger charge is 2.18. The van der Waals surface area contributed by atoms with Gasteiger partial charge in [-0.3, -0.25) is 9.78 Å². The Kier molecular flexibility index (Phi) is 3.69. The number of fused-ring (bicyclic) bond motifs is 1. The minimum atomic E-state index is -0.0533. The second-order valence-corrected chi connectivity index (χ2v) is 6.06. The van der Waals surface area contributed by atoms with Gasteiger partial charge in [-0.2, -0.15) is 0 Å². The first-order valence-corrected chi connectivity index (χ1v) is 8.10. The molecule has 0 bridgehead atoms. The molecule has 0 spiro atoms. The fourth-order valence-electron chi connectivity index (χ4n) is 3.17. The summed E-state index contributed by atoms with van der Waals surface area (Å²) < 4.78 is 7.04. The maximum atomic E-state index is 12.9. The van der Waals surface area contributed by atoms with E-state index < -0.39 is 0 Å². The van der Waals surface area contributed by atoms with E-state index in [4.69, 9.17) is 4.52 Å². The fourth-order valence-corrected chi connectivity index (χ4v) is 3.17. The van der Waals surface area contributed by atoms with E-state index in [1.807, 2.05) is 56.4 Å². The quantitative estimate of drug-likeness (QED) is 0.574. The molecule has 4 rings (SSSR count). The molecule has 3 heterocycles. The van der Waals surface area contributed by atoms with Crippen LogP contribution >= 0.6 is 0 Å². The van der Waals surface area contributed by atoms with Gasteiger partial charge in [0.2, 0.25) is 0 Å². The Morgan fingerprint density at radius 3 is 2.60 bits per heavy atom. The summed E-state index contributed by atoms with van der Waals surface area (Å²) in [5.41, 5.74) is 4.23. The van der Waals surface area contributed by atoms with Gasteiger partial charge >= 0.3 is 0 Å². The molecule has 4 aromatic rings. The van der Waals surface area contributed by atoms with Crippen LogP contribution in [0.5, 0.6) is 0 Å². The van der Waals surface area contributed by atoms with Crippen LogP contribution in [0.4, 0.5) is 0 Å². The van der Waals surface area contributed by atoms with Gasteiger partial charge in [-0.15, -0.1) is 0 Å². The van der Waals surface area contributed by atoms with Gasteiger partial charge in [0.25, 0.3) is 5.56 Å². The highest BCUT2D eigenvalue weighted by atomic mass is 16.5. The van der Waals surface area contributed by atoms with E-state index in [1.165, 1.54) is 0 Å². The highest BCUT2D eigenvalue weighted by Crippen LogP contribution is 2.30. The Morgan fingerprint density at radius 1 is 1.08 bits per heavy atom. The van der Waals surface area contributed by atoms with E-state index in [0.29, 0.717) is 17.4 Å². The molecule has 0 aliphatic carbocycles. The Bertz CT molecular complexity index is 1090. The van der Waals surface area contributed by atoms with Crippen LogP contribution in [0.2, 0.25) is 0 Å². The van der Waals surface area contributed by atoms with Crippen LogP contribution in [-0.2, 0) is 6.54 Å². The van der Waals surface area contributed by atoms with Crippen LogP contribution in [0.25, 0.3) is 22.0 Å². The van der Waals surface area contributed by atoms with Crippen molar-refractivity contribution in [3.63, 3.8) is 0 Å². The van der Waals surface area contributed by atoms with Crippen LogP contribution in [0.15, 0.2) is 64.2 Å². The van der Waals surface area contributed by atoms with Crippen molar-refractivity contribution in [3.8, 4) is 11.1 Å². The van der Waals surface area contributed by atoms with Crippen molar-refractivity contribution >= 4 is 10.9 Å². The van der Waals surface area contributed by atoms with Crippen LogP contribution in [0.3, 0.4) is 0 Å². The number of rotatable bonds is 3. The summed E-state index contributed by atoms with van der Waals surface area (Å²) in [5, 5.41) is 4.64. The summed E-state index contributed by atoms with van der Waals surface area (Å²) in [5.74, 6) is 0.717. The monoisotopic (exact) mass is 331 g/mol. The first-order valence-electron chi connectivity index (χ1n) is 8.10. The molecule has 0 aliphatic rings. The number of aryl methyl sites for hydroxylation is 2. The molecule has 0 atom stereocenters. The van der Waals surface area contributed by atoms with Crippen molar-refractivity contribution in [2.75, 3.05) is 0 Å². The SMILES string of the molecule is Cc1noc(C)c1-c1cn(Cc2ccccc2)c(=O)c2cccnc12. The fraction of sp³-hybridized carbons (Fsp3) is 0.150. The first-order chi connectivity index (χ1) is 12.1. The van der Waals surface area contributed by atoms with E-state index in [9.17, 15) is 4.79 Å². The molecule has 0 radical (unpaired) electrons. The Hall–Kier alpha value is -3.21. The third-order valence-electron chi connectivity index (χ3n) is 4.34. The maximum absolute atomic E-state index is 12.9. The highest BCUT2D eigenvalue weighted by molar-refractivity contribution is 5.93. The maximum Gasteiger partial charge on any atom is 0.260 e. The van der Waals surface area contributed by atoms with E-state index >= 15 is 0 Å². The zero-order valence-electron chi connectivity index (χ0n) is 14.1. The Morgan fingerprint density at radius 2 is 1.88 bits per heavy atom. The van der Waals surface area contributed by atoms with E-state index in [1.54, 1.807) is 16.8 Å². The van der Waals surface area contributed by atoms with Gasteiger partial charge in [-0.1, -0.05) is 35.5 Å². The van der Waals surface area contributed by atoms with Crippen LogP contribution in [-0.4, -0.2) is 14.7 Å². The smallest absolute Gasteiger partial charge is 0.260 e. The molecular weight excluding hydrogens is 314 g/mol. The zero-order valence-corrected chi connectivity index (χ0v) is 14.1. The lowest BCUT2D eigenvalue weighted by molar-refractivity contribution is 0.393. The molecule has 0 saturated carbocycles. The molecule has 25 heavy (non-hydrogen) atoms. The Labute approximate surface area is 144 Å². The van der Waals surface area contributed by atoms with Crippen LogP contribution in [0, 0.1) is 13.8 Å². The van der Waals surface area contributed by atoms with Crippen molar-refractivity contribution in [3.05, 3.63) is 82.2 Å². The summed E-state index contributed by atoms with van der Waals surface area (Å²) in [4.78, 5) is 17.4. The largest absolute Gasteiger partial charge is 0.361 e. The van der Waals surface area contributed by atoms with Gasteiger partial charge in [-0.25, -0.2) is 0 Å². The Balaban J connectivity index is 1.99. The predicted molar refractivity (Wildman–Crippen MR) is 96.5 cm³/mol. The molecule has 5 nitrogen and oxygen atoms in total. The van der Waals surface area contributed by atoms with E-state index in [2.05, 4.69) is 10.1 Å². The van der Waals surface area contributed by atoms with Gasteiger partial charge in [0.15, 0.2) is 0 Å². The summed E-state index contributed by atoms with van der Waals surface area (Å²) in [6.07, 6.45) is 3.56. The van der Waals surface area contributed by atoms with Gasteiger partial charge in [0.05, 0.1) is 28.7 Å². The normalized spacial score (nSPS) is 11.1. The molecule has 0 unspecified atom stereocenters. The van der Waals surface area contributed by atoms with Crippen molar-refractivity contribution in [2.45, 2.75) is 20.4 Å². The minimum absolute atomic E-state index is 0.0533. The second kappa shape index (κ2) is 6.02. The first kappa shape index (κ1) is 15.3. The predicted octanol–water partition coefficient (Wildman–Crippen LogP) is 3.72. The molecule has 1 aromatic carbocycles. The van der Waals surface area contributed by atoms with E-state index in [0.717, 1.165) is 28.1 Å². The summed E-state index contributed by atoms with van der Waals surface area (Å²) in [7, 11) is 0. The molecule has 5 heteroatoms. The second-order valence-electron chi connectivity index (χ2n) is 6.06. The van der Waals surface area contributed by atoms with Gasteiger partial charge in [0.1, 0.15) is 5.76 Å². The molecular formula is C20H17N3O2. The molecule has 0 N–H and O–H groups in total. The number of nitrogens with zero attached hydrogens (tertiary/aromatic N) is 3. The third kappa shape index (κ3) is 2.63. The number of aromatic nitrogens is 3. The average molecular weight is 331 g/mol. The minimum Gasteiger partial charge on any atom is -0.361 e. The van der Waals surface area contributed by atoms with Crippen LogP contribution < -0.4 is 5.56 Å². The topological polar surface area (TPSA) is 60.9 Å².